The molecule has 0 aliphatic heterocycles. The normalized spacial score (nSPS) is 10.7. The summed E-state index contributed by atoms with van der Waals surface area (Å²) in [5.41, 5.74) is 0.622. The number of halogens is 4. The van der Waals surface area contributed by atoms with Gasteiger partial charge in [0.25, 0.3) is 5.91 Å². The molecule has 0 saturated carbocycles. The second-order valence-electron chi connectivity index (χ2n) is 5.22. The minimum Gasteiger partial charge on any atom is -0.307 e. The molecule has 1 amide bonds. The van der Waals surface area contributed by atoms with Crippen molar-refractivity contribution in [1.29, 1.82) is 0 Å². The van der Waals surface area contributed by atoms with Crippen LogP contribution in [0.1, 0.15) is 15.9 Å². The predicted molar refractivity (Wildman–Crippen MR) is 92.1 cm³/mol. The summed E-state index contributed by atoms with van der Waals surface area (Å²) in [6, 6.07) is 9.22. The van der Waals surface area contributed by atoms with Gasteiger partial charge in [-0.25, -0.2) is 13.5 Å². The summed E-state index contributed by atoms with van der Waals surface area (Å²) < 4.78 is 28.0. The molecule has 0 radical (unpaired) electrons. The molecule has 0 unspecified atom stereocenters. The molecule has 4 nitrogen and oxygen atoms in total. The van der Waals surface area contributed by atoms with Crippen LogP contribution in [0.3, 0.4) is 0 Å². The topological polar surface area (TPSA) is 46.9 Å². The average Bonchev–Trinajstić information content (AvgIpc) is 2.96. The minimum atomic E-state index is -0.827. The summed E-state index contributed by atoms with van der Waals surface area (Å²) in [6.07, 6.45) is 1.49. The lowest BCUT2D eigenvalue weighted by Gasteiger charge is -2.10. The highest BCUT2D eigenvalue weighted by Gasteiger charge is 2.13. The van der Waals surface area contributed by atoms with Crippen LogP contribution in [-0.4, -0.2) is 15.7 Å². The SMILES string of the molecule is O=C(Nc1ccnn1Cc1ccc(Cl)cc1Cl)c1cc(F)cc(F)c1. The number of aromatic nitrogens is 2. The van der Waals surface area contributed by atoms with Gasteiger partial charge in [-0.15, -0.1) is 0 Å². The number of nitrogens with zero attached hydrogens (tertiary/aromatic N) is 2. The molecule has 0 atom stereocenters. The number of benzene rings is 2. The minimum absolute atomic E-state index is 0.130. The van der Waals surface area contributed by atoms with E-state index < -0.39 is 17.5 Å². The molecule has 25 heavy (non-hydrogen) atoms. The molecule has 3 aromatic rings. The Hall–Kier alpha value is -2.44. The van der Waals surface area contributed by atoms with Gasteiger partial charge in [-0.3, -0.25) is 4.79 Å². The first kappa shape index (κ1) is 17.4. The number of carbonyl (C=O) groups is 1. The van der Waals surface area contributed by atoms with E-state index in [0.29, 0.717) is 21.9 Å². The van der Waals surface area contributed by atoms with Gasteiger partial charge in [0.1, 0.15) is 17.5 Å². The molecule has 2 aromatic carbocycles. The second-order valence-corrected chi connectivity index (χ2v) is 6.07. The van der Waals surface area contributed by atoms with Crippen LogP contribution >= 0.6 is 23.2 Å². The molecule has 0 bridgehead atoms. The Morgan fingerprint density at radius 2 is 1.80 bits per heavy atom. The third-order valence-electron chi connectivity index (χ3n) is 3.42. The van der Waals surface area contributed by atoms with Gasteiger partial charge in [0.05, 0.1) is 12.7 Å². The van der Waals surface area contributed by atoms with E-state index in [4.69, 9.17) is 23.2 Å². The van der Waals surface area contributed by atoms with Crippen LogP contribution in [0.15, 0.2) is 48.7 Å². The van der Waals surface area contributed by atoms with Gasteiger partial charge in [0, 0.05) is 27.7 Å². The van der Waals surface area contributed by atoms with Crippen molar-refractivity contribution in [1.82, 2.24) is 9.78 Å². The molecule has 1 aromatic heterocycles. The summed E-state index contributed by atoms with van der Waals surface area (Å²) in [4.78, 5) is 12.2. The van der Waals surface area contributed by atoms with Crippen molar-refractivity contribution >= 4 is 34.9 Å². The van der Waals surface area contributed by atoms with Crippen molar-refractivity contribution in [2.45, 2.75) is 6.54 Å². The highest BCUT2D eigenvalue weighted by atomic mass is 35.5. The Morgan fingerprint density at radius 3 is 2.48 bits per heavy atom. The largest absolute Gasteiger partial charge is 0.307 e. The Labute approximate surface area is 152 Å². The van der Waals surface area contributed by atoms with E-state index in [0.717, 1.165) is 17.7 Å². The molecule has 0 fully saturated rings. The van der Waals surface area contributed by atoms with Crippen molar-refractivity contribution in [3.8, 4) is 0 Å². The summed E-state index contributed by atoms with van der Waals surface area (Å²) >= 11 is 12.0. The number of hydrogen-bond donors (Lipinski definition) is 1. The van der Waals surface area contributed by atoms with Gasteiger partial charge >= 0.3 is 0 Å². The van der Waals surface area contributed by atoms with Crippen molar-refractivity contribution in [3.63, 3.8) is 0 Å². The lowest BCUT2D eigenvalue weighted by molar-refractivity contribution is 0.102. The smallest absolute Gasteiger partial charge is 0.257 e. The molecule has 0 aliphatic rings. The Bertz CT molecular complexity index is 923. The Kier molecular flexibility index (Phi) is 5.01. The maximum absolute atomic E-state index is 13.2. The molecule has 1 heterocycles. The van der Waals surface area contributed by atoms with Crippen LogP contribution in [0, 0.1) is 11.6 Å². The van der Waals surface area contributed by atoms with Gasteiger partial charge < -0.3 is 5.32 Å². The molecular formula is C17H11Cl2F2N3O. The van der Waals surface area contributed by atoms with E-state index in [-0.39, 0.29) is 12.1 Å². The van der Waals surface area contributed by atoms with Crippen LogP contribution in [0.4, 0.5) is 14.6 Å². The first-order valence-corrected chi connectivity index (χ1v) is 7.91. The molecule has 1 N–H and O–H groups in total. The number of carbonyl (C=O) groups excluding carboxylic acids is 1. The van der Waals surface area contributed by atoms with Crippen molar-refractivity contribution in [2.75, 3.05) is 5.32 Å². The number of hydrogen-bond acceptors (Lipinski definition) is 2. The van der Waals surface area contributed by atoms with Gasteiger partial charge in [0.2, 0.25) is 0 Å². The predicted octanol–water partition coefficient (Wildman–Crippen LogP) is 4.77. The zero-order valence-electron chi connectivity index (χ0n) is 12.6. The Morgan fingerprint density at radius 1 is 1.08 bits per heavy atom. The van der Waals surface area contributed by atoms with Crippen LogP contribution in [0.25, 0.3) is 0 Å². The lowest BCUT2D eigenvalue weighted by atomic mass is 10.2. The quantitative estimate of drug-likeness (QED) is 0.707. The van der Waals surface area contributed by atoms with E-state index in [1.165, 1.54) is 10.9 Å². The van der Waals surface area contributed by atoms with Crippen LogP contribution in [0.2, 0.25) is 10.0 Å². The van der Waals surface area contributed by atoms with Gasteiger partial charge in [-0.1, -0.05) is 29.3 Å². The summed E-state index contributed by atoms with van der Waals surface area (Å²) in [5.74, 6) is -1.94. The van der Waals surface area contributed by atoms with Gasteiger partial charge in [-0.05, 0) is 29.8 Å². The monoisotopic (exact) mass is 381 g/mol. The first-order valence-electron chi connectivity index (χ1n) is 7.15. The summed E-state index contributed by atoms with van der Waals surface area (Å²) in [7, 11) is 0. The third kappa shape index (κ3) is 4.15. The van der Waals surface area contributed by atoms with Gasteiger partial charge in [0.15, 0.2) is 0 Å². The number of rotatable bonds is 4. The molecule has 128 valence electrons. The lowest BCUT2D eigenvalue weighted by Crippen LogP contribution is -2.16. The van der Waals surface area contributed by atoms with E-state index in [9.17, 15) is 13.6 Å². The first-order chi connectivity index (χ1) is 11.9. The maximum atomic E-state index is 13.2. The number of nitrogens with one attached hydrogen (secondary N) is 1. The van der Waals surface area contributed by atoms with E-state index in [1.54, 1.807) is 24.3 Å². The fraction of sp³-hybridized carbons (Fsp3) is 0.0588. The fourth-order valence-electron chi connectivity index (χ4n) is 2.25. The molecule has 0 saturated heterocycles. The second kappa shape index (κ2) is 7.21. The Balaban J connectivity index is 1.80. The molecular weight excluding hydrogens is 371 g/mol. The molecule has 8 heteroatoms. The zero-order valence-corrected chi connectivity index (χ0v) is 14.2. The fourth-order valence-corrected chi connectivity index (χ4v) is 2.72. The highest BCUT2D eigenvalue weighted by Crippen LogP contribution is 2.23. The van der Waals surface area contributed by atoms with Crippen molar-refractivity contribution in [3.05, 3.63) is 81.5 Å². The standard InChI is InChI=1S/C17H11Cl2F2N3O/c18-12-2-1-10(15(19)7-12)9-24-16(3-4-22-24)23-17(25)11-5-13(20)8-14(21)6-11/h1-8H,9H2,(H,23,25). The van der Waals surface area contributed by atoms with Gasteiger partial charge in [-0.2, -0.15) is 5.10 Å². The van der Waals surface area contributed by atoms with E-state index in [2.05, 4.69) is 10.4 Å². The molecule has 0 spiro atoms. The van der Waals surface area contributed by atoms with Crippen LogP contribution in [0.5, 0.6) is 0 Å². The molecule has 0 aliphatic carbocycles. The van der Waals surface area contributed by atoms with E-state index in [1.807, 2.05) is 0 Å². The van der Waals surface area contributed by atoms with Crippen LogP contribution < -0.4 is 5.32 Å². The van der Waals surface area contributed by atoms with Crippen molar-refractivity contribution < 1.29 is 13.6 Å². The number of anilines is 1. The van der Waals surface area contributed by atoms with E-state index >= 15 is 0 Å². The zero-order chi connectivity index (χ0) is 18.0. The molecule has 3 rings (SSSR count). The summed E-state index contributed by atoms with van der Waals surface area (Å²) in [6.45, 7) is 0.288. The highest BCUT2D eigenvalue weighted by molar-refractivity contribution is 6.35. The van der Waals surface area contributed by atoms with Crippen LogP contribution in [-0.2, 0) is 6.54 Å². The van der Waals surface area contributed by atoms with Crippen molar-refractivity contribution in [2.24, 2.45) is 0 Å². The average molecular weight is 382 g/mol. The number of amides is 1. The summed E-state index contributed by atoms with van der Waals surface area (Å²) in [5, 5.41) is 7.67. The third-order valence-corrected chi connectivity index (χ3v) is 4.01. The maximum Gasteiger partial charge on any atom is 0.257 e.